The SMILES string of the molecule is CCCCCC(C)(C)CNC(C)c1ccc(I)cc1. The Bertz CT molecular complexity index is 356. The Morgan fingerprint density at radius 2 is 1.79 bits per heavy atom. The minimum atomic E-state index is 0.395. The van der Waals surface area contributed by atoms with E-state index >= 15 is 0 Å². The number of halogens is 1. The molecule has 0 amide bonds. The molecule has 0 aromatic heterocycles. The van der Waals surface area contributed by atoms with Gasteiger partial charge in [0.2, 0.25) is 0 Å². The molecule has 0 bridgehead atoms. The number of hydrogen-bond donors (Lipinski definition) is 1. The van der Waals surface area contributed by atoms with Crippen LogP contribution in [-0.2, 0) is 0 Å². The highest BCUT2D eigenvalue weighted by atomic mass is 127. The molecule has 1 rings (SSSR count). The highest BCUT2D eigenvalue weighted by Crippen LogP contribution is 2.24. The Labute approximate surface area is 132 Å². The molecule has 0 aliphatic rings. The maximum absolute atomic E-state index is 3.68. The fourth-order valence-corrected chi connectivity index (χ4v) is 2.60. The van der Waals surface area contributed by atoms with E-state index < -0.39 is 0 Å². The summed E-state index contributed by atoms with van der Waals surface area (Å²) in [6.45, 7) is 10.4. The van der Waals surface area contributed by atoms with E-state index in [1.807, 2.05) is 0 Å². The van der Waals surface area contributed by atoms with Crippen LogP contribution in [0.25, 0.3) is 0 Å². The van der Waals surface area contributed by atoms with Gasteiger partial charge in [0.15, 0.2) is 0 Å². The van der Waals surface area contributed by atoms with Gasteiger partial charge in [-0.3, -0.25) is 0 Å². The monoisotopic (exact) mass is 373 g/mol. The van der Waals surface area contributed by atoms with Crippen molar-refractivity contribution in [2.24, 2.45) is 5.41 Å². The summed E-state index contributed by atoms with van der Waals surface area (Å²) < 4.78 is 1.30. The second kappa shape index (κ2) is 8.25. The summed E-state index contributed by atoms with van der Waals surface area (Å²) >= 11 is 2.35. The Kier molecular flexibility index (Phi) is 7.37. The number of benzene rings is 1. The lowest BCUT2D eigenvalue weighted by atomic mass is 9.86. The van der Waals surface area contributed by atoms with E-state index in [2.05, 4.69) is 79.9 Å². The van der Waals surface area contributed by atoms with Gasteiger partial charge in [0.1, 0.15) is 0 Å². The minimum Gasteiger partial charge on any atom is -0.310 e. The molecule has 0 heterocycles. The summed E-state index contributed by atoms with van der Waals surface area (Å²) in [7, 11) is 0. The predicted molar refractivity (Wildman–Crippen MR) is 93.5 cm³/mol. The molecule has 2 heteroatoms. The first-order valence-corrected chi connectivity index (χ1v) is 8.51. The molecule has 0 aliphatic carbocycles. The van der Waals surface area contributed by atoms with Gasteiger partial charge >= 0.3 is 0 Å². The molecule has 0 aliphatic heterocycles. The molecule has 0 radical (unpaired) electrons. The third-order valence-electron chi connectivity index (χ3n) is 3.71. The van der Waals surface area contributed by atoms with Gasteiger partial charge in [0.25, 0.3) is 0 Å². The lowest BCUT2D eigenvalue weighted by molar-refractivity contribution is 0.291. The van der Waals surface area contributed by atoms with Gasteiger partial charge in [-0.25, -0.2) is 0 Å². The van der Waals surface area contributed by atoms with Crippen LogP contribution in [0.15, 0.2) is 24.3 Å². The molecule has 0 saturated heterocycles. The van der Waals surface area contributed by atoms with Gasteiger partial charge < -0.3 is 5.32 Å². The molecule has 1 N–H and O–H groups in total. The molecule has 0 saturated carbocycles. The van der Waals surface area contributed by atoms with Crippen molar-refractivity contribution >= 4 is 22.6 Å². The van der Waals surface area contributed by atoms with Crippen LogP contribution in [0.4, 0.5) is 0 Å². The molecule has 0 spiro atoms. The van der Waals surface area contributed by atoms with Crippen molar-refractivity contribution in [1.82, 2.24) is 5.32 Å². The fraction of sp³-hybridized carbons (Fsp3) is 0.647. The average molecular weight is 373 g/mol. The smallest absolute Gasteiger partial charge is 0.0292 e. The Hall–Kier alpha value is -0.0900. The lowest BCUT2D eigenvalue weighted by Crippen LogP contribution is -2.31. The van der Waals surface area contributed by atoms with Crippen molar-refractivity contribution in [3.8, 4) is 0 Å². The molecular weight excluding hydrogens is 345 g/mol. The van der Waals surface area contributed by atoms with Crippen LogP contribution in [0.1, 0.15) is 65.0 Å². The molecule has 19 heavy (non-hydrogen) atoms. The van der Waals surface area contributed by atoms with Crippen LogP contribution < -0.4 is 5.32 Å². The van der Waals surface area contributed by atoms with Crippen LogP contribution in [0, 0.1) is 8.99 Å². The second-order valence-corrected chi connectivity index (χ2v) is 7.52. The zero-order valence-corrected chi connectivity index (χ0v) is 15.0. The molecule has 1 atom stereocenters. The number of unbranched alkanes of at least 4 members (excludes halogenated alkanes) is 2. The normalized spacial score (nSPS) is 13.5. The molecule has 1 nitrogen and oxygen atoms in total. The summed E-state index contributed by atoms with van der Waals surface area (Å²) in [4.78, 5) is 0. The predicted octanol–water partition coefficient (Wildman–Crippen LogP) is 5.55. The van der Waals surface area contributed by atoms with E-state index in [1.54, 1.807) is 0 Å². The molecule has 1 aromatic carbocycles. The molecule has 0 fully saturated rings. The van der Waals surface area contributed by atoms with Crippen LogP contribution in [0.3, 0.4) is 0 Å². The molecule has 1 unspecified atom stereocenters. The van der Waals surface area contributed by atoms with Crippen molar-refractivity contribution in [3.63, 3.8) is 0 Å². The van der Waals surface area contributed by atoms with Crippen LogP contribution in [0.5, 0.6) is 0 Å². The summed E-state index contributed by atoms with van der Waals surface area (Å²) in [6, 6.07) is 9.25. The third-order valence-corrected chi connectivity index (χ3v) is 4.43. The van der Waals surface area contributed by atoms with Gasteiger partial charge in [-0.15, -0.1) is 0 Å². The quantitative estimate of drug-likeness (QED) is 0.465. The number of hydrogen-bond acceptors (Lipinski definition) is 1. The highest BCUT2D eigenvalue weighted by molar-refractivity contribution is 14.1. The topological polar surface area (TPSA) is 12.0 Å². The third kappa shape index (κ3) is 6.75. The Balaban J connectivity index is 2.40. The number of rotatable bonds is 8. The van der Waals surface area contributed by atoms with E-state index in [-0.39, 0.29) is 0 Å². The standard InChI is InChI=1S/C17H28IN/c1-5-6-7-12-17(3,4)13-19-14(2)15-8-10-16(18)11-9-15/h8-11,14,19H,5-7,12-13H2,1-4H3. The lowest BCUT2D eigenvalue weighted by Gasteiger charge is -2.27. The molecule has 108 valence electrons. The van der Waals surface area contributed by atoms with Gasteiger partial charge in [-0.1, -0.05) is 52.2 Å². The summed E-state index contributed by atoms with van der Waals surface area (Å²) in [5.74, 6) is 0. The van der Waals surface area contributed by atoms with E-state index in [0.717, 1.165) is 6.54 Å². The van der Waals surface area contributed by atoms with E-state index in [9.17, 15) is 0 Å². The van der Waals surface area contributed by atoms with Gasteiger partial charge in [-0.05, 0) is 59.0 Å². The minimum absolute atomic E-state index is 0.395. The van der Waals surface area contributed by atoms with Crippen LogP contribution >= 0.6 is 22.6 Å². The van der Waals surface area contributed by atoms with Crippen LogP contribution in [-0.4, -0.2) is 6.54 Å². The van der Waals surface area contributed by atoms with Crippen LogP contribution in [0.2, 0.25) is 0 Å². The van der Waals surface area contributed by atoms with E-state index in [0.29, 0.717) is 11.5 Å². The Morgan fingerprint density at radius 1 is 1.16 bits per heavy atom. The van der Waals surface area contributed by atoms with E-state index in [1.165, 1.54) is 34.8 Å². The highest BCUT2D eigenvalue weighted by Gasteiger charge is 2.18. The maximum atomic E-state index is 3.68. The maximum Gasteiger partial charge on any atom is 0.0292 e. The van der Waals surface area contributed by atoms with Crippen molar-refractivity contribution in [2.45, 2.75) is 59.4 Å². The van der Waals surface area contributed by atoms with E-state index in [4.69, 9.17) is 0 Å². The second-order valence-electron chi connectivity index (χ2n) is 6.28. The fourth-order valence-electron chi connectivity index (χ4n) is 2.24. The largest absolute Gasteiger partial charge is 0.310 e. The first kappa shape index (κ1) is 17.0. The van der Waals surface area contributed by atoms with Crippen molar-refractivity contribution in [3.05, 3.63) is 33.4 Å². The molecule has 1 aromatic rings. The van der Waals surface area contributed by atoms with Gasteiger partial charge in [0, 0.05) is 16.2 Å². The summed E-state index contributed by atoms with van der Waals surface area (Å²) in [5, 5.41) is 3.68. The zero-order valence-electron chi connectivity index (χ0n) is 12.8. The van der Waals surface area contributed by atoms with Gasteiger partial charge in [0.05, 0.1) is 0 Å². The van der Waals surface area contributed by atoms with Crippen molar-refractivity contribution in [1.29, 1.82) is 0 Å². The average Bonchev–Trinajstić information content (AvgIpc) is 2.37. The Morgan fingerprint density at radius 3 is 2.37 bits per heavy atom. The molecular formula is C17H28IN. The first-order chi connectivity index (χ1) is 8.94. The van der Waals surface area contributed by atoms with Crippen molar-refractivity contribution < 1.29 is 0 Å². The van der Waals surface area contributed by atoms with Gasteiger partial charge in [-0.2, -0.15) is 0 Å². The summed E-state index contributed by atoms with van der Waals surface area (Å²) in [6.07, 6.45) is 5.33. The zero-order chi connectivity index (χ0) is 14.3. The number of nitrogens with one attached hydrogen (secondary N) is 1. The summed E-state index contributed by atoms with van der Waals surface area (Å²) in [5.41, 5.74) is 1.77. The van der Waals surface area contributed by atoms with Crippen molar-refractivity contribution in [2.75, 3.05) is 6.54 Å². The first-order valence-electron chi connectivity index (χ1n) is 7.43.